The lowest BCUT2D eigenvalue weighted by atomic mass is 9.70. The zero-order chi connectivity index (χ0) is 23.2. The fourth-order valence-corrected chi connectivity index (χ4v) is 4.52. The second-order valence-corrected chi connectivity index (χ2v) is 8.85. The molecule has 1 aliphatic carbocycles. The molecule has 1 aliphatic rings. The Morgan fingerprint density at radius 1 is 1.06 bits per heavy atom. The van der Waals surface area contributed by atoms with Gasteiger partial charge in [0.15, 0.2) is 0 Å². The van der Waals surface area contributed by atoms with E-state index in [1.54, 1.807) is 7.11 Å². The Balaban J connectivity index is 1.28. The third-order valence-corrected chi connectivity index (χ3v) is 6.67. The molecule has 2 aromatic carbocycles. The van der Waals surface area contributed by atoms with Gasteiger partial charge >= 0.3 is 0 Å². The van der Waals surface area contributed by atoms with Crippen molar-refractivity contribution in [3.8, 4) is 5.75 Å². The molecule has 3 aromatic rings. The van der Waals surface area contributed by atoms with Gasteiger partial charge in [0.2, 0.25) is 5.91 Å². The van der Waals surface area contributed by atoms with E-state index in [0.717, 1.165) is 49.5 Å². The largest absolute Gasteiger partial charge is 0.497 e. The topological polar surface area (TPSA) is 70.2 Å². The van der Waals surface area contributed by atoms with Gasteiger partial charge in [-0.15, -0.1) is 0 Å². The molecule has 6 nitrogen and oxygen atoms in total. The number of nitrogens with zero attached hydrogens (tertiary/aromatic N) is 2. The summed E-state index contributed by atoms with van der Waals surface area (Å²) >= 11 is 0. The number of carbonyl (C=O) groups is 1. The van der Waals surface area contributed by atoms with Crippen molar-refractivity contribution < 1.29 is 9.53 Å². The van der Waals surface area contributed by atoms with Crippen LogP contribution in [-0.2, 0) is 17.8 Å². The van der Waals surface area contributed by atoms with Crippen LogP contribution < -0.4 is 10.1 Å². The van der Waals surface area contributed by atoms with E-state index in [0.29, 0.717) is 24.1 Å². The minimum absolute atomic E-state index is 0.0631. The number of H-pyrrole nitrogens is 1. The maximum atomic E-state index is 12.4. The SMILES string of the molecule is CCN(CC)Cc1cccc(C2CC(c3cc(NC(=O)Cc4ccc(OC)cc4)[nH]n3)C2)c1. The molecule has 0 atom stereocenters. The summed E-state index contributed by atoms with van der Waals surface area (Å²) in [6, 6.07) is 18.6. The van der Waals surface area contributed by atoms with Crippen molar-refractivity contribution in [1.29, 1.82) is 0 Å². The number of methoxy groups -OCH3 is 1. The average molecular weight is 447 g/mol. The summed E-state index contributed by atoms with van der Waals surface area (Å²) in [6.45, 7) is 7.58. The van der Waals surface area contributed by atoms with Crippen LogP contribution in [-0.4, -0.2) is 41.2 Å². The van der Waals surface area contributed by atoms with Gasteiger partial charge < -0.3 is 10.1 Å². The van der Waals surface area contributed by atoms with Gasteiger partial charge in [-0.1, -0.05) is 50.2 Å². The molecule has 0 radical (unpaired) electrons. The van der Waals surface area contributed by atoms with Gasteiger partial charge in [0, 0.05) is 18.5 Å². The Morgan fingerprint density at radius 3 is 2.52 bits per heavy atom. The number of aromatic amines is 1. The summed E-state index contributed by atoms with van der Waals surface area (Å²) in [6.07, 6.45) is 2.51. The van der Waals surface area contributed by atoms with E-state index in [1.807, 2.05) is 30.3 Å². The normalized spacial score (nSPS) is 17.6. The van der Waals surface area contributed by atoms with Gasteiger partial charge in [-0.25, -0.2) is 0 Å². The van der Waals surface area contributed by atoms with E-state index < -0.39 is 0 Å². The number of hydrogen-bond acceptors (Lipinski definition) is 4. The van der Waals surface area contributed by atoms with E-state index in [2.05, 4.69) is 58.5 Å². The van der Waals surface area contributed by atoms with Gasteiger partial charge in [-0.2, -0.15) is 5.10 Å². The Bertz CT molecular complexity index is 1050. The molecule has 0 unspecified atom stereocenters. The lowest BCUT2D eigenvalue weighted by Crippen LogP contribution is -2.23. The minimum atomic E-state index is -0.0631. The predicted molar refractivity (Wildman–Crippen MR) is 132 cm³/mol. The molecule has 1 saturated carbocycles. The number of rotatable bonds is 10. The van der Waals surface area contributed by atoms with Crippen molar-refractivity contribution >= 4 is 11.7 Å². The first-order valence-corrected chi connectivity index (χ1v) is 11.9. The summed E-state index contributed by atoms with van der Waals surface area (Å²) in [4.78, 5) is 14.8. The smallest absolute Gasteiger partial charge is 0.229 e. The molecule has 1 amide bonds. The van der Waals surface area contributed by atoms with Gasteiger partial charge in [0.25, 0.3) is 0 Å². The first kappa shape index (κ1) is 23.1. The van der Waals surface area contributed by atoms with E-state index in [1.165, 1.54) is 11.1 Å². The highest BCUT2D eigenvalue weighted by molar-refractivity contribution is 5.91. The zero-order valence-corrected chi connectivity index (χ0v) is 19.8. The molecular formula is C27H34N4O2. The molecule has 33 heavy (non-hydrogen) atoms. The number of anilines is 1. The summed E-state index contributed by atoms with van der Waals surface area (Å²) in [5.74, 6) is 2.40. The fourth-order valence-electron chi connectivity index (χ4n) is 4.52. The molecule has 0 saturated heterocycles. The molecule has 2 N–H and O–H groups in total. The highest BCUT2D eigenvalue weighted by Crippen LogP contribution is 2.47. The molecule has 1 heterocycles. The molecule has 6 heteroatoms. The Morgan fingerprint density at radius 2 is 1.82 bits per heavy atom. The lowest BCUT2D eigenvalue weighted by molar-refractivity contribution is -0.115. The molecule has 0 spiro atoms. The van der Waals surface area contributed by atoms with Crippen LogP contribution in [0, 0.1) is 0 Å². The first-order valence-electron chi connectivity index (χ1n) is 11.9. The summed E-state index contributed by atoms with van der Waals surface area (Å²) in [5.41, 5.74) is 4.80. The molecule has 1 aromatic heterocycles. The maximum absolute atomic E-state index is 12.4. The monoisotopic (exact) mass is 446 g/mol. The van der Waals surface area contributed by atoms with Crippen LogP contribution in [0.3, 0.4) is 0 Å². The van der Waals surface area contributed by atoms with Crippen molar-refractivity contribution in [3.05, 3.63) is 77.0 Å². The predicted octanol–water partition coefficient (Wildman–Crippen LogP) is 5.10. The number of amides is 1. The van der Waals surface area contributed by atoms with Crippen LogP contribution >= 0.6 is 0 Å². The van der Waals surface area contributed by atoms with E-state index in [9.17, 15) is 4.79 Å². The van der Waals surface area contributed by atoms with Crippen molar-refractivity contribution in [1.82, 2.24) is 15.1 Å². The molecule has 174 valence electrons. The van der Waals surface area contributed by atoms with Gasteiger partial charge in [0.1, 0.15) is 11.6 Å². The molecular weight excluding hydrogens is 412 g/mol. The Labute approximate surface area is 196 Å². The van der Waals surface area contributed by atoms with Gasteiger partial charge in [-0.3, -0.25) is 14.8 Å². The molecule has 0 bridgehead atoms. The first-order chi connectivity index (χ1) is 16.1. The summed E-state index contributed by atoms with van der Waals surface area (Å²) in [5, 5.41) is 10.4. The Hall–Kier alpha value is -3.12. The van der Waals surface area contributed by atoms with Crippen LogP contribution in [0.25, 0.3) is 0 Å². The van der Waals surface area contributed by atoms with E-state index in [4.69, 9.17) is 4.74 Å². The van der Waals surface area contributed by atoms with E-state index >= 15 is 0 Å². The average Bonchev–Trinajstić information content (AvgIpc) is 3.25. The van der Waals surface area contributed by atoms with Gasteiger partial charge in [-0.05, 0) is 60.7 Å². The second kappa shape index (κ2) is 10.7. The van der Waals surface area contributed by atoms with Crippen LogP contribution in [0.1, 0.15) is 60.9 Å². The standard InChI is InChI=1S/C27H34N4O2/c1-4-31(5-2)18-20-7-6-8-21(13-20)22-15-23(16-22)25-17-26(30-29-25)28-27(32)14-19-9-11-24(33-3)12-10-19/h6-13,17,22-23H,4-5,14-16,18H2,1-3H3,(H2,28,29,30,32). The van der Waals surface area contributed by atoms with Crippen molar-refractivity contribution in [2.24, 2.45) is 0 Å². The lowest BCUT2D eigenvalue weighted by Gasteiger charge is -2.35. The summed E-state index contributed by atoms with van der Waals surface area (Å²) in [7, 11) is 1.63. The number of aromatic nitrogens is 2. The van der Waals surface area contributed by atoms with Crippen molar-refractivity contribution in [3.63, 3.8) is 0 Å². The molecule has 0 aliphatic heterocycles. The van der Waals surface area contributed by atoms with Gasteiger partial charge in [0.05, 0.1) is 19.2 Å². The number of carbonyl (C=O) groups excluding carboxylic acids is 1. The highest BCUT2D eigenvalue weighted by atomic mass is 16.5. The number of nitrogens with one attached hydrogen (secondary N) is 2. The van der Waals surface area contributed by atoms with Crippen LogP contribution in [0.4, 0.5) is 5.82 Å². The number of hydrogen-bond donors (Lipinski definition) is 2. The third kappa shape index (κ3) is 5.82. The third-order valence-electron chi connectivity index (χ3n) is 6.67. The highest BCUT2D eigenvalue weighted by Gasteiger charge is 2.33. The Kier molecular flexibility index (Phi) is 7.45. The molecule has 1 fully saturated rings. The van der Waals surface area contributed by atoms with Crippen LogP contribution in [0.15, 0.2) is 54.6 Å². The number of benzene rings is 2. The zero-order valence-electron chi connectivity index (χ0n) is 19.8. The van der Waals surface area contributed by atoms with Crippen LogP contribution in [0.5, 0.6) is 5.75 Å². The van der Waals surface area contributed by atoms with Crippen molar-refractivity contribution in [2.75, 3.05) is 25.5 Å². The molecule has 4 rings (SSSR count). The fraction of sp³-hybridized carbons (Fsp3) is 0.407. The quantitative estimate of drug-likeness (QED) is 0.454. The van der Waals surface area contributed by atoms with E-state index in [-0.39, 0.29) is 5.91 Å². The van der Waals surface area contributed by atoms with Crippen molar-refractivity contribution in [2.45, 2.75) is 51.5 Å². The van der Waals surface area contributed by atoms with Crippen LogP contribution in [0.2, 0.25) is 0 Å². The summed E-state index contributed by atoms with van der Waals surface area (Å²) < 4.78 is 5.16. The minimum Gasteiger partial charge on any atom is -0.497 e. The second-order valence-electron chi connectivity index (χ2n) is 8.85. The number of ether oxygens (including phenoxy) is 1. The maximum Gasteiger partial charge on any atom is 0.229 e.